The molecule has 0 bridgehead atoms. The molecule has 1 N–H and O–H groups in total. The zero-order valence-electron chi connectivity index (χ0n) is 9.28. The fourth-order valence-electron chi connectivity index (χ4n) is 1.24. The van der Waals surface area contributed by atoms with Gasteiger partial charge in [0.1, 0.15) is 11.4 Å². The van der Waals surface area contributed by atoms with Crippen LogP contribution >= 0.6 is 0 Å². The first-order chi connectivity index (χ1) is 6.95. The molecule has 0 heterocycles. The minimum atomic E-state index is -1.29. The Balaban J connectivity index is 2.85. The van der Waals surface area contributed by atoms with Gasteiger partial charge in [-0.15, -0.1) is 0 Å². The van der Waals surface area contributed by atoms with Crippen LogP contribution in [0.15, 0.2) is 24.3 Å². The number of carbonyl (C=O) groups is 1. The fraction of sp³-hybridized carbons (Fsp3) is 0.417. The van der Waals surface area contributed by atoms with Crippen molar-refractivity contribution in [1.82, 2.24) is 0 Å². The number of aliphatic hydroxyl groups is 1. The molecule has 3 nitrogen and oxygen atoms in total. The molecule has 1 aromatic carbocycles. The van der Waals surface area contributed by atoms with E-state index in [1.54, 1.807) is 13.2 Å². The van der Waals surface area contributed by atoms with Crippen LogP contribution in [0.2, 0.25) is 0 Å². The Labute approximate surface area is 89.7 Å². The van der Waals surface area contributed by atoms with Crippen molar-refractivity contribution in [3.63, 3.8) is 0 Å². The molecule has 0 unspecified atom stereocenters. The second-order valence-corrected chi connectivity index (χ2v) is 3.97. The third kappa shape index (κ3) is 3.06. The zero-order valence-corrected chi connectivity index (χ0v) is 9.28. The molecule has 3 heteroatoms. The molecule has 1 aromatic rings. The summed E-state index contributed by atoms with van der Waals surface area (Å²) in [6, 6.07) is 7.31. The van der Waals surface area contributed by atoms with Gasteiger partial charge in [-0.1, -0.05) is 18.2 Å². The standard InChI is InChI=1S/C12H16O3/c1-12(2,14)11(13)8-9-6-4-5-7-10(9)15-3/h4-7,14H,8H2,1-3H3. The summed E-state index contributed by atoms with van der Waals surface area (Å²) in [4.78, 5) is 11.6. The monoisotopic (exact) mass is 208 g/mol. The van der Waals surface area contributed by atoms with Gasteiger partial charge in [-0.2, -0.15) is 0 Å². The summed E-state index contributed by atoms with van der Waals surface area (Å²) in [6.45, 7) is 2.98. The van der Waals surface area contributed by atoms with E-state index in [0.29, 0.717) is 5.75 Å². The number of Topliss-reactive ketones (excluding diaryl/α,β-unsaturated/α-hetero) is 1. The van der Waals surface area contributed by atoms with Crippen molar-refractivity contribution >= 4 is 5.78 Å². The third-order valence-electron chi connectivity index (χ3n) is 2.23. The SMILES string of the molecule is COc1ccccc1CC(=O)C(C)(C)O. The molecule has 15 heavy (non-hydrogen) atoms. The van der Waals surface area contributed by atoms with Gasteiger partial charge in [0.25, 0.3) is 0 Å². The van der Waals surface area contributed by atoms with Crippen LogP contribution in [0, 0.1) is 0 Å². The molecule has 0 saturated carbocycles. The van der Waals surface area contributed by atoms with Crippen molar-refractivity contribution in [2.75, 3.05) is 7.11 Å². The Morgan fingerprint density at radius 2 is 2.00 bits per heavy atom. The molecule has 0 atom stereocenters. The summed E-state index contributed by atoms with van der Waals surface area (Å²) in [7, 11) is 1.56. The van der Waals surface area contributed by atoms with Crippen molar-refractivity contribution in [2.24, 2.45) is 0 Å². The number of hydrogen-bond donors (Lipinski definition) is 1. The molecular weight excluding hydrogens is 192 g/mol. The molecule has 0 spiro atoms. The van der Waals surface area contributed by atoms with Crippen molar-refractivity contribution in [3.8, 4) is 5.75 Å². The highest BCUT2D eigenvalue weighted by molar-refractivity contribution is 5.88. The van der Waals surface area contributed by atoms with Gasteiger partial charge in [0.2, 0.25) is 0 Å². The summed E-state index contributed by atoms with van der Waals surface area (Å²) in [5.41, 5.74) is -0.493. The van der Waals surface area contributed by atoms with E-state index in [4.69, 9.17) is 4.74 Å². The number of rotatable bonds is 4. The maximum Gasteiger partial charge on any atom is 0.168 e. The van der Waals surface area contributed by atoms with Crippen LogP contribution in [-0.2, 0) is 11.2 Å². The quantitative estimate of drug-likeness (QED) is 0.817. The van der Waals surface area contributed by atoms with Crippen LogP contribution in [0.5, 0.6) is 5.75 Å². The van der Waals surface area contributed by atoms with E-state index in [1.807, 2.05) is 18.2 Å². The van der Waals surface area contributed by atoms with Gasteiger partial charge in [-0.05, 0) is 19.9 Å². The first-order valence-electron chi connectivity index (χ1n) is 4.82. The third-order valence-corrected chi connectivity index (χ3v) is 2.23. The number of hydrogen-bond acceptors (Lipinski definition) is 3. The summed E-state index contributed by atoms with van der Waals surface area (Å²) < 4.78 is 5.13. The normalized spacial score (nSPS) is 11.2. The van der Waals surface area contributed by atoms with E-state index in [1.165, 1.54) is 13.8 Å². The highest BCUT2D eigenvalue weighted by Gasteiger charge is 2.24. The molecule has 0 saturated heterocycles. The van der Waals surface area contributed by atoms with Crippen molar-refractivity contribution in [1.29, 1.82) is 0 Å². The summed E-state index contributed by atoms with van der Waals surface area (Å²) in [5.74, 6) is 0.460. The molecule has 0 aliphatic rings. The number of ketones is 1. The molecular formula is C12H16O3. The highest BCUT2D eigenvalue weighted by atomic mass is 16.5. The first kappa shape index (κ1) is 11.7. The largest absolute Gasteiger partial charge is 0.496 e. The van der Waals surface area contributed by atoms with Gasteiger partial charge in [0.05, 0.1) is 7.11 Å². The lowest BCUT2D eigenvalue weighted by molar-refractivity contribution is -0.133. The smallest absolute Gasteiger partial charge is 0.168 e. The fourth-order valence-corrected chi connectivity index (χ4v) is 1.24. The maximum absolute atomic E-state index is 11.6. The maximum atomic E-state index is 11.6. The lowest BCUT2D eigenvalue weighted by Crippen LogP contribution is -2.32. The Hall–Kier alpha value is -1.35. The van der Waals surface area contributed by atoms with Gasteiger partial charge in [0, 0.05) is 12.0 Å². The van der Waals surface area contributed by atoms with Crippen molar-refractivity contribution in [2.45, 2.75) is 25.9 Å². The van der Waals surface area contributed by atoms with E-state index >= 15 is 0 Å². The minimum absolute atomic E-state index is 0.188. The van der Waals surface area contributed by atoms with Gasteiger partial charge in [-0.3, -0.25) is 4.79 Å². The van der Waals surface area contributed by atoms with Crippen LogP contribution in [0.25, 0.3) is 0 Å². The molecule has 0 radical (unpaired) electrons. The van der Waals surface area contributed by atoms with Crippen LogP contribution in [0.4, 0.5) is 0 Å². The minimum Gasteiger partial charge on any atom is -0.496 e. The predicted octanol–water partition coefficient (Wildman–Crippen LogP) is 1.58. The number of benzene rings is 1. The van der Waals surface area contributed by atoms with Gasteiger partial charge < -0.3 is 9.84 Å². The summed E-state index contributed by atoms with van der Waals surface area (Å²) in [6.07, 6.45) is 0.188. The van der Waals surface area contributed by atoms with E-state index in [0.717, 1.165) is 5.56 Å². The Morgan fingerprint density at radius 3 is 2.53 bits per heavy atom. The Morgan fingerprint density at radius 1 is 1.40 bits per heavy atom. The van der Waals surface area contributed by atoms with Crippen LogP contribution < -0.4 is 4.74 Å². The second-order valence-electron chi connectivity index (χ2n) is 3.97. The van der Waals surface area contributed by atoms with Crippen molar-refractivity contribution in [3.05, 3.63) is 29.8 Å². The molecule has 82 valence electrons. The Kier molecular flexibility index (Phi) is 3.48. The number of para-hydroxylation sites is 1. The van der Waals surface area contributed by atoms with Gasteiger partial charge in [0.15, 0.2) is 5.78 Å². The first-order valence-corrected chi connectivity index (χ1v) is 4.82. The van der Waals surface area contributed by atoms with E-state index in [-0.39, 0.29) is 12.2 Å². The number of carbonyl (C=O) groups excluding carboxylic acids is 1. The topological polar surface area (TPSA) is 46.5 Å². The van der Waals surface area contributed by atoms with E-state index in [2.05, 4.69) is 0 Å². The van der Waals surface area contributed by atoms with Gasteiger partial charge >= 0.3 is 0 Å². The summed E-state index contributed by atoms with van der Waals surface area (Å²) in [5, 5.41) is 9.52. The van der Waals surface area contributed by atoms with Crippen LogP contribution in [0.1, 0.15) is 19.4 Å². The number of ether oxygens (including phenoxy) is 1. The molecule has 1 rings (SSSR count). The lowest BCUT2D eigenvalue weighted by Gasteiger charge is -2.16. The molecule has 0 aromatic heterocycles. The average molecular weight is 208 g/mol. The lowest BCUT2D eigenvalue weighted by atomic mass is 9.97. The van der Waals surface area contributed by atoms with E-state index < -0.39 is 5.60 Å². The molecule has 0 aliphatic carbocycles. The highest BCUT2D eigenvalue weighted by Crippen LogP contribution is 2.19. The summed E-state index contributed by atoms with van der Waals surface area (Å²) >= 11 is 0. The molecule has 0 fully saturated rings. The van der Waals surface area contributed by atoms with Crippen LogP contribution in [0.3, 0.4) is 0 Å². The average Bonchev–Trinajstić information content (AvgIpc) is 2.17. The zero-order chi connectivity index (χ0) is 11.5. The van der Waals surface area contributed by atoms with Gasteiger partial charge in [-0.25, -0.2) is 0 Å². The molecule has 0 amide bonds. The molecule has 0 aliphatic heterocycles. The predicted molar refractivity (Wildman–Crippen MR) is 58.0 cm³/mol. The van der Waals surface area contributed by atoms with Crippen molar-refractivity contribution < 1.29 is 14.6 Å². The number of methoxy groups -OCH3 is 1. The second kappa shape index (κ2) is 4.45. The Bertz CT molecular complexity index is 350. The van der Waals surface area contributed by atoms with E-state index in [9.17, 15) is 9.90 Å². The van der Waals surface area contributed by atoms with Crippen LogP contribution in [-0.4, -0.2) is 23.6 Å².